The SMILES string of the molecule is CC(C(=O)Nc1ccccc1[N+](=O)[O-])N1CCN(S(=O)(=O)c2ccc3c(c2)CCCC3)CC1. The van der Waals surface area contributed by atoms with Gasteiger partial charge >= 0.3 is 0 Å². The molecule has 176 valence electrons. The van der Waals surface area contributed by atoms with Crippen molar-refractivity contribution in [1.29, 1.82) is 0 Å². The summed E-state index contributed by atoms with van der Waals surface area (Å²) in [6.07, 6.45) is 4.14. The smallest absolute Gasteiger partial charge is 0.292 e. The number of amides is 1. The Morgan fingerprint density at radius 3 is 2.39 bits per heavy atom. The molecule has 1 atom stereocenters. The van der Waals surface area contributed by atoms with Crippen molar-refractivity contribution < 1.29 is 18.1 Å². The van der Waals surface area contributed by atoms with Gasteiger partial charge in [-0.25, -0.2) is 8.42 Å². The molecule has 4 rings (SSSR count). The summed E-state index contributed by atoms with van der Waals surface area (Å²) in [5, 5.41) is 13.8. The van der Waals surface area contributed by atoms with E-state index in [4.69, 9.17) is 0 Å². The van der Waals surface area contributed by atoms with Crippen LogP contribution in [0.3, 0.4) is 0 Å². The first-order chi connectivity index (χ1) is 15.8. The number of nitro groups is 1. The summed E-state index contributed by atoms with van der Waals surface area (Å²) in [5.74, 6) is -0.365. The third-order valence-corrected chi connectivity index (χ3v) is 8.41. The molecule has 1 aliphatic carbocycles. The molecule has 33 heavy (non-hydrogen) atoms. The van der Waals surface area contributed by atoms with Crippen molar-refractivity contribution in [2.45, 2.75) is 43.5 Å². The van der Waals surface area contributed by atoms with Gasteiger partial charge in [0.15, 0.2) is 0 Å². The van der Waals surface area contributed by atoms with Gasteiger partial charge in [-0.15, -0.1) is 0 Å². The number of hydrogen-bond acceptors (Lipinski definition) is 6. The standard InChI is InChI=1S/C23H28N4O5S/c1-17(23(28)24-21-8-4-5-9-22(21)27(29)30)25-12-14-26(15-13-25)33(31,32)20-11-10-18-6-2-3-7-19(18)16-20/h4-5,8-11,16-17H,2-3,6-7,12-15H2,1H3,(H,24,28). The Morgan fingerprint density at radius 2 is 1.70 bits per heavy atom. The van der Waals surface area contributed by atoms with E-state index in [1.165, 1.54) is 22.0 Å². The maximum Gasteiger partial charge on any atom is 0.292 e. The Bertz CT molecular complexity index is 1160. The van der Waals surface area contributed by atoms with Crippen LogP contribution in [0.5, 0.6) is 0 Å². The van der Waals surface area contributed by atoms with Crippen molar-refractivity contribution in [1.82, 2.24) is 9.21 Å². The molecule has 1 heterocycles. The van der Waals surface area contributed by atoms with E-state index in [0.29, 0.717) is 18.0 Å². The highest BCUT2D eigenvalue weighted by molar-refractivity contribution is 7.89. The van der Waals surface area contributed by atoms with Gasteiger partial charge in [0, 0.05) is 32.2 Å². The van der Waals surface area contributed by atoms with Gasteiger partial charge in [-0.2, -0.15) is 4.31 Å². The van der Waals surface area contributed by atoms with Crippen LogP contribution in [0.1, 0.15) is 30.9 Å². The molecule has 2 aromatic carbocycles. The first kappa shape index (κ1) is 23.3. The number of anilines is 1. The van der Waals surface area contributed by atoms with Crippen LogP contribution < -0.4 is 5.32 Å². The molecule has 2 aromatic rings. The number of nitro benzene ring substituents is 1. The summed E-state index contributed by atoms with van der Waals surface area (Å²) in [6.45, 7) is 3.08. The minimum Gasteiger partial charge on any atom is -0.319 e. The van der Waals surface area contributed by atoms with E-state index in [1.54, 1.807) is 25.1 Å². The molecule has 1 N–H and O–H groups in total. The van der Waals surface area contributed by atoms with E-state index >= 15 is 0 Å². The zero-order valence-corrected chi connectivity index (χ0v) is 19.4. The molecule has 1 saturated heterocycles. The molecule has 2 aliphatic rings. The van der Waals surface area contributed by atoms with Gasteiger partial charge in [0.25, 0.3) is 5.69 Å². The molecule has 0 saturated carbocycles. The number of carbonyl (C=O) groups is 1. The Labute approximate surface area is 193 Å². The number of nitrogens with zero attached hydrogens (tertiary/aromatic N) is 3. The lowest BCUT2D eigenvalue weighted by atomic mass is 9.92. The highest BCUT2D eigenvalue weighted by Gasteiger charge is 2.32. The van der Waals surface area contributed by atoms with Gasteiger partial charge in [0.1, 0.15) is 5.69 Å². The number of hydrogen-bond donors (Lipinski definition) is 1. The molecule has 9 nitrogen and oxygen atoms in total. The number of para-hydroxylation sites is 2. The first-order valence-corrected chi connectivity index (χ1v) is 12.6. The fourth-order valence-electron chi connectivity index (χ4n) is 4.49. The molecule has 1 aliphatic heterocycles. The van der Waals surface area contributed by atoms with Crippen LogP contribution in [0.4, 0.5) is 11.4 Å². The third-order valence-electron chi connectivity index (χ3n) is 6.52. The molecule has 1 unspecified atom stereocenters. The monoisotopic (exact) mass is 472 g/mol. The summed E-state index contributed by atoms with van der Waals surface area (Å²) in [6, 6.07) is 10.9. The van der Waals surface area contributed by atoms with Gasteiger partial charge in [0.05, 0.1) is 15.9 Å². The third kappa shape index (κ3) is 4.92. The molecule has 0 bridgehead atoms. The van der Waals surface area contributed by atoms with Crippen LogP contribution >= 0.6 is 0 Å². The predicted octanol–water partition coefficient (Wildman–Crippen LogP) is 2.81. The van der Waals surface area contributed by atoms with Crippen molar-refractivity contribution in [3.63, 3.8) is 0 Å². The first-order valence-electron chi connectivity index (χ1n) is 11.2. The Balaban J connectivity index is 1.39. The van der Waals surface area contributed by atoms with E-state index in [0.717, 1.165) is 31.2 Å². The average molecular weight is 473 g/mol. The van der Waals surface area contributed by atoms with Crippen molar-refractivity contribution in [2.24, 2.45) is 0 Å². The van der Waals surface area contributed by atoms with Gasteiger partial charge in [-0.05, 0) is 61.9 Å². The van der Waals surface area contributed by atoms with Gasteiger partial charge in [-0.1, -0.05) is 18.2 Å². The highest BCUT2D eigenvalue weighted by atomic mass is 32.2. The molecule has 0 radical (unpaired) electrons. The molecule has 10 heteroatoms. The van der Waals surface area contributed by atoms with Gasteiger partial charge < -0.3 is 5.32 Å². The highest BCUT2D eigenvalue weighted by Crippen LogP contribution is 2.27. The van der Waals surface area contributed by atoms with Crippen molar-refractivity contribution in [2.75, 3.05) is 31.5 Å². The van der Waals surface area contributed by atoms with Crippen LogP contribution in [0.15, 0.2) is 47.4 Å². The van der Waals surface area contributed by atoms with Gasteiger partial charge in [0.2, 0.25) is 15.9 Å². The molecular formula is C23H28N4O5S. The molecule has 1 amide bonds. The van der Waals surface area contributed by atoms with Crippen LogP contribution in [0, 0.1) is 10.1 Å². The number of rotatable bonds is 6. The topological polar surface area (TPSA) is 113 Å². The molecule has 1 fully saturated rings. The minimum absolute atomic E-state index is 0.146. The number of aryl methyl sites for hydroxylation is 2. The number of fused-ring (bicyclic) bond motifs is 1. The lowest BCUT2D eigenvalue weighted by molar-refractivity contribution is -0.383. The Morgan fingerprint density at radius 1 is 1.03 bits per heavy atom. The zero-order chi connectivity index (χ0) is 23.6. The lowest BCUT2D eigenvalue weighted by Crippen LogP contribution is -2.53. The second-order valence-corrected chi connectivity index (χ2v) is 10.5. The molecule has 0 spiro atoms. The summed E-state index contributed by atoms with van der Waals surface area (Å²) in [4.78, 5) is 25.6. The second-order valence-electron chi connectivity index (χ2n) is 8.52. The number of piperazine rings is 1. The summed E-state index contributed by atoms with van der Waals surface area (Å²) in [5.41, 5.74) is 2.34. The molecule has 0 aromatic heterocycles. The van der Waals surface area contributed by atoms with E-state index in [1.807, 2.05) is 17.0 Å². The quantitative estimate of drug-likeness (QED) is 0.511. The maximum absolute atomic E-state index is 13.2. The van der Waals surface area contributed by atoms with Crippen molar-refractivity contribution in [3.8, 4) is 0 Å². The van der Waals surface area contributed by atoms with Crippen LogP contribution in [0.25, 0.3) is 0 Å². The molecular weight excluding hydrogens is 444 g/mol. The van der Waals surface area contributed by atoms with E-state index in [9.17, 15) is 23.3 Å². The van der Waals surface area contributed by atoms with E-state index < -0.39 is 21.0 Å². The van der Waals surface area contributed by atoms with E-state index in [-0.39, 0.29) is 30.4 Å². The van der Waals surface area contributed by atoms with Crippen molar-refractivity contribution in [3.05, 3.63) is 63.7 Å². The van der Waals surface area contributed by atoms with Gasteiger partial charge in [-0.3, -0.25) is 19.8 Å². The fraction of sp³-hybridized carbons (Fsp3) is 0.435. The predicted molar refractivity (Wildman–Crippen MR) is 125 cm³/mol. The number of benzene rings is 2. The van der Waals surface area contributed by atoms with Crippen molar-refractivity contribution >= 4 is 27.3 Å². The Hall–Kier alpha value is -2.82. The number of sulfonamides is 1. The summed E-state index contributed by atoms with van der Waals surface area (Å²) in [7, 11) is -3.60. The van der Waals surface area contributed by atoms with E-state index in [2.05, 4.69) is 5.32 Å². The summed E-state index contributed by atoms with van der Waals surface area (Å²) < 4.78 is 27.9. The maximum atomic E-state index is 13.2. The second kappa shape index (κ2) is 9.58. The zero-order valence-electron chi connectivity index (χ0n) is 18.6. The van der Waals surface area contributed by atoms with Crippen LogP contribution in [-0.2, 0) is 27.7 Å². The van der Waals surface area contributed by atoms with Crippen LogP contribution in [-0.4, -0.2) is 60.7 Å². The summed E-state index contributed by atoms with van der Waals surface area (Å²) >= 11 is 0. The minimum atomic E-state index is -3.60. The average Bonchev–Trinajstić information content (AvgIpc) is 2.83. The normalized spacial score (nSPS) is 18.3. The number of carbonyl (C=O) groups excluding carboxylic acids is 1. The lowest BCUT2D eigenvalue weighted by Gasteiger charge is -2.36. The van der Waals surface area contributed by atoms with Crippen LogP contribution in [0.2, 0.25) is 0 Å². The fourth-order valence-corrected chi connectivity index (χ4v) is 5.97. The largest absolute Gasteiger partial charge is 0.319 e. The number of nitrogens with one attached hydrogen (secondary N) is 1. The Kier molecular flexibility index (Phi) is 6.78.